The van der Waals surface area contributed by atoms with Gasteiger partial charge in [-0.1, -0.05) is 0 Å². The summed E-state index contributed by atoms with van der Waals surface area (Å²) in [5, 5.41) is 0. The van der Waals surface area contributed by atoms with Gasteiger partial charge in [0.2, 0.25) is 0 Å². The summed E-state index contributed by atoms with van der Waals surface area (Å²) in [5.41, 5.74) is 0. The fourth-order valence-electron chi connectivity index (χ4n) is 0.0707. The predicted octanol–water partition coefficient (Wildman–Crippen LogP) is 0.550. The van der Waals surface area contributed by atoms with Crippen LogP contribution >= 0.6 is 0 Å². The van der Waals surface area contributed by atoms with Crippen LogP contribution in [0.15, 0.2) is 0 Å². The Morgan fingerprint density at radius 2 is 1.40 bits per heavy atom. The number of rotatable bonds is 2. The summed E-state index contributed by atoms with van der Waals surface area (Å²) in [6.45, 7) is 0. The van der Waals surface area contributed by atoms with Gasteiger partial charge < -0.3 is 0 Å². The topological polar surface area (TPSA) is 0 Å². The Hall–Kier alpha value is 1.64. The molecule has 0 unspecified atom stereocenters. The van der Waals surface area contributed by atoms with Crippen LogP contribution in [0.5, 0.6) is 0 Å². The standard InChI is InChI=1S/C3H6.2Sb/c1-3-2;;/h1-3H2;;. The van der Waals surface area contributed by atoms with Crippen molar-refractivity contribution in [2.45, 2.75) is 15.2 Å². The molecule has 0 aliphatic rings. The van der Waals surface area contributed by atoms with Gasteiger partial charge in [0.05, 0.1) is 0 Å². The van der Waals surface area contributed by atoms with Gasteiger partial charge in [-0.15, -0.1) is 0 Å². The second kappa shape index (κ2) is 5.64. The van der Waals surface area contributed by atoms with Crippen LogP contribution in [-0.4, -0.2) is 46.0 Å². The average molecular weight is 286 g/mol. The Balaban J connectivity index is 2.19. The minimum absolute atomic E-state index is 1.41. The summed E-state index contributed by atoms with van der Waals surface area (Å²) in [5.74, 6) is 0. The van der Waals surface area contributed by atoms with Crippen LogP contribution in [-0.2, 0) is 0 Å². The Labute approximate surface area is 60.7 Å². The molecular formula is C3H6Sb2. The van der Waals surface area contributed by atoms with Crippen molar-refractivity contribution in [3.8, 4) is 0 Å². The minimum atomic E-state index is 1.41. The molecule has 0 aromatic heterocycles. The third kappa shape index (κ3) is 5.64. The third-order valence-corrected chi connectivity index (χ3v) is 2.12. The maximum atomic E-state index is 1.93. The molecule has 0 spiro atoms. The molecule has 28 valence electrons. The fraction of sp³-hybridized carbons (Fsp3) is 1.00. The zero-order chi connectivity index (χ0) is 4.12. The molecular weight excluding hydrogens is 280 g/mol. The molecule has 0 aromatic rings. The molecule has 0 N–H and O–H groups in total. The molecule has 0 aromatic carbocycles. The Morgan fingerprint density at radius 1 is 1.00 bits per heavy atom. The molecule has 0 aliphatic heterocycles. The van der Waals surface area contributed by atoms with Crippen molar-refractivity contribution in [1.82, 2.24) is 0 Å². The third-order valence-electron chi connectivity index (χ3n) is 0.316. The van der Waals surface area contributed by atoms with Gasteiger partial charge >= 0.3 is 61.2 Å². The zero-order valence-corrected chi connectivity index (χ0v) is 8.12. The summed E-state index contributed by atoms with van der Waals surface area (Å²) in [4.78, 5) is 0. The molecule has 0 aliphatic carbocycles. The number of hydrogen-bond donors (Lipinski definition) is 0. The summed E-state index contributed by atoms with van der Waals surface area (Å²) >= 11 is 3.85. The molecule has 0 saturated carbocycles. The molecule has 0 fully saturated rings. The van der Waals surface area contributed by atoms with E-state index in [1.165, 1.54) is 15.2 Å². The molecule has 0 atom stereocenters. The van der Waals surface area contributed by atoms with Crippen molar-refractivity contribution in [2.75, 3.05) is 0 Å². The van der Waals surface area contributed by atoms with Crippen LogP contribution in [0.3, 0.4) is 0 Å². The van der Waals surface area contributed by atoms with Crippen molar-refractivity contribution >= 4 is 46.0 Å². The van der Waals surface area contributed by atoms with Crippen molar-refractivity contribution < 1.29 is 0 Å². The van der Waals surface area contributed by atoms with Gasteiger partial charge in [0.25, 0.3) is 0 Å². The molecule has 0 amide bonds. The number of hydrogen-bond acceptors (Lipinski definition) is 0. The van der Waals surface area contributed by atoms with Crippen LogP contribution in [0.4, 0.5) is 0 Å². The van der Waals surface area contributed by atoms with Gasteiger partial charge in [-0.25, -0.2) is 0 Å². The summed E-state index contributed by atoms with van der Waals surface area (Å²) in [7, 11) is 0. The van der Waals surface area contributed by atoms with E-state index in [1.807, 2.05) is 46.0 Å². The van der Waals surface area contributed by atoms with Gasteiger partial charge in [0.1, 0.15) is 0 Å². The fourth-order valence-corrected chi connectivity index (χ4v) is 3.18. The monoisotopic (exact) mass is 284 g/mol. The second-order valence-electron chi connectivity index (χ2n) is 0.801. The van der Waals surface area contributed by atoms with Crippen molar-refractivity contribution in [1.29, 1.82) is 0 Å². The Bertz CT molecular complexity index is 12.4. The summed E-state index contributed by atoms with van der Waals surface area (Å²) in [6.07, 6.45) is 1.43. The SMILES string of the molecule is [Sb][CH2]C[CH2][Sb]. The van der Waals surface area contributed by atoms with Crippen molar-refractivity contribution in [3.63, 3.8) is 0 Å². The molecule has 4 radical (unpaired) electrons. The molecule has 0 rings (SSSR count). The van der Waals surface area contributed by atoms with Gasteiger partial charge in [-0.3, -0.25) is 0 Å². The Morgan fingerprint density at radius 3 is 1.40 bits per heavy atom. The molecule has 0 heterocycles. The van der Waals surface area contributed by atoms with E-state index in [1.54, 1.807) is 0 Å². The first-order valence-corrected chi connectivity index (χ1v) is 5.24. The van der Waals surface area contributed by atoms with E-state index in [0.29, 0.717) is 0 Å². The van der Waals surface area contributed by atoms with E-state index < -0.39 is 0 Å². The van der Waals surface area contributed by atoms with Gasteiger partial charge in [0.15, 0.2) is 0 Å². The molecule has 5 heavy (non-hydrogen) atoms. The van der Waals surface area contributed by atoms with Crippen molar-refractivity contribution in [3.05, 3.63) is 0 Å². The molecule has 0 bridgehead atoms. The van der Waals surface area contributed by atoms with Gasteiger partial charge in [-0.2, -0.15) is 0 Å². The summed E-state index contributed by atoms with van der Waals surface area (Å²) in [6, 6.07) is 0. The summed E-state index contributed by atoms with van der Waals surface area (Å²) < 4.78 is 2.81. The van der Waals surface area contributed by atoms with Crippen LogP contribution < -0.4 is 0 Å². The normalized spacial score (nSPS) is 8.40. The Kier molecular flexibility index (Phi) is 7.48. The maximum absolute atomic E-state index is 1.93. The first-order chi connectivity index (χ1) is 2.41. The zero-order valence-electron chi connectivity index (χ0n) is 3.02. The van der Waals surface area contributed by atoms with E-state index in [9.17, 15) is 0 Å². The van der Waals surface area contributed by atoms with E-state index in [0.717, 1.165) is 0 Å². The van der Waals surface area contributed by atoms with Crippen LogP contribution in [0.25, 0.3) is 0 Å². The average Bonchev–Trinajstić information content (AvgIpc) is 1.41. The van der Waals surface area contributed by atoms with E-state index in [2.05, 4.69) is 0 Å². The van der Waals surface area contributed by atoms with Crippen LogP contribution in [0, 0.1) is 0 Å². The molecule has 0 saturated heterocycles. The first kappa shape index (κ1) is 6.64. The van der Waals surface area contributed by atoms with E-state index in [4.69, 9.17) is 0 Å². The van der Waals surface area contributed by atoms with Crippen molar-refractivity contribution in [2.24, 2.45) is 0 Å². The quantitative estimate of drug-likeness (QED) is 0.650. The predicted molar refractivity (Wildman–Crippen MR) is 25.7 cm³/mol. The van der Waals surface area contributed by atoms with Crippen LogP contribution in [0.1, 0.15) is 6.42 Å². The van der Waals surface area contributed by atoms with E-state index in [-0.39, 0.29) is 0 Å². The van der Waals surface area contributed by atoms with Gasteiger partial charge in [0, 0.05) is 0 Å². The second-order valence-corrected chi connectivity index (χ2v) is 3.35. The molecule has 0 nitrogen and oxygen atoms in total. The van der Waals surface area contributed by atoms with Crippen LogP contribution in [0.2, 0.25) is 8.73 Å². The first-order valence-electron chi connectivity index (χ1n) is 1.63. The molecule has 2 heteroatoms. The van der Waals surface area contributed by atoms with E-state index >= 15 is 0 Å². The van der Waals surface area contributed by atoms with Gasteiger partial charge in [-0.05, 0) is 0 Å².